The number of benzene rings is 1. The van der Waals surface area contributed by atoms with Crippen LogP contribution >= 0.6 is 0 Å². The minimum Gasteiger partial charge on any atom is -0.373 e. The van der Waals surface area contributed by atoms with Crippen molar-refractivity contribution >= 4 is 15.8 Å². The van der Waals surface area contributed by atoms with Gasteiger partial charge in [0.1, 0.15) is 0 Å². The van der Waals surface area contributed by atoms with E-state index in [0.717, 1.165) is 25.2 Å². The van der Waals surface area contributed by atoms with Crippen LogP contribution in [0.25, 0.3) is 0 Å². The lowest BCUT2D eigenvalue weighted by atomic mass is 10.0. The smallest absolute Gasteiger partial charge is 0.373 e. The Morgan fingerprint density at radius 1 is 1.04 bits per heavy atom. The second kappa shape index (κ2) is 6.64. The van der Waals surface area contributed by atoms with Gasteiger partial charge in [-0.3, -0.25) is 4.90 Å². The molecule has 0 aromatic heterocycles. The molecule has 0 atom stereocenters. The van der Waals surface area contributed by atoms with Crippen LogP contribution in [-0.2, 0) is 10.1 Å². The Morgan fingerprint density at radius 3 is 2.08 bits per heavy atom. The summed E-state index contributed by atoms with van der Waals surface area (Å²) in [7, 11) is -5.92. The Morgan fingerprint density at radius 2 is 1.60 bits per heavy atom. The molecule has 1 aromatic carbocycles. The van der Waals surface area contributed by atoms with Crippen molar-refractivity contribution in [2.45, 2.75) is 31.8 Å². The van der Waals surface area contributed by atoms with Crippen molar-refractivity contribution in [3.63, 3.8) is 0 Å². The molecule has 10 heteroatoms. The fourth-order valence-electron chi connectivity index (χ4n) is 2.55. The summed E-state index contributed by atoms with van der Waals surface area (Å²) in [6, 6.07) is 3.26. The van der Waals surface area contributed by atoms with E-state index in [0.29, 0.717) is 18.8 Å². The Balaban J connectivity index is 2.18. The first-order chi connectivity index (χ1) is 11.3. The Kier molecular flexibility index (Phi) is 5.25. The first-order valence-corrected chi connectivity index (χ1v) is 9.02. The fourth-order valence-corrected chi connectivity index (χ4v) is 3.01. The van der Waals surface area contributed by atoms with Crippen LogP contribution in [0, 0.1) is 5.82 Å². The largest absolute Gasteiger partial charge is 0.534 e. The second-order valence-electron chi connectivity index (χ2n) is 6.74. The molecular weight excluding hydrogens is 364 g/mol. The second-order valence-corrected chi connectivity index (χ2v) is 8.28. The van der Waals surface area contributed by atoms with Crippen molar-refractivity contribution in [2.24, 2.45) is 0 Å². The highest BCUT2D eigenvalue weighted by molar-refractivity contribution is 7.88. The zero-order valence-electron chi connectivity index (χ0n) is 14.1. The Hall–Kier alpha value is -1.55. The Labute approximate surface area is 144 Å². The van der Waals surface area contributed by atoms with Gasteiger partial charge in [0.25, 0.3) is 0 Å². The number of anilines is 1. The molecule has 142 valence electrons. The third kappa shape index (κ3) is 4.55. The number of piperazine rings is 1. The first-order valence-electron chi connectivity index (χ1n) is 7.61. The normalized spacial score (nSPS) is 17.6. The average Bonchev–Trinajstić information content (AvgIpc) is 2.47. The number of hydrogen-bond donors (Lipinski definition) is 0. The third-order valence-electron chi connectivity index (χ3n) is 3.99. The maximum atomic E-state index is 13.7. The molecular formula is C15H20F4N2O3S. The van der Waals surface area contributed by atoms with E-state index in [-0.39, 0.29) is 5.54 Å². The van der Waals surface area contributed by atoms with Gasteiger partial charge in [0.15, 0.2) is 11.6 Å². The lowest BCUT2D eigenvalue weighted by Gasteiger charge is -2.43. The van der Waals surface area contributed by atoms with Gasteiger partial charge in [-0.15, -0.1) is 0 Å². The lowest BCUT2D eigenvalue weighted by molar-refractivity contribution is -0.0500. The SMILES string of the molecule is CC(C)(C)N1CCN(c2ccc(F)c(OS(=O)(=O)C(F)(F)F)c2)CC1. The predicted octanol–water partition coefficient (Wildman–Crippen LogP) is 2.97. The highest BCUT2D eigenvalue weighted by atomic mass is 32.2. The van der Waals surface area contributed by atoms with Gasteiger partial charge in [0, 0.05) is 43.5 Å². The summed E-state index contributed by atoms with van der Waals surface area (Å²) in [5.74, 6) is -2.14. The monoisotopic (exact) mass is 384 g/mol. The van der Waals surface area contributed by atoms with E-state index in [2.05, 4.69) is 29.9 Å². The quantitative estimate of drug-likeness (QED) is 0.456. The molecule has 2 rings (SSSR count). The van der Waals surface area contributed by atoms with E-state index < -0.39 is 27.2 Å². The summed E-state index contributed by atoms with van der Waals surface area (Å²) in [5.41, 5.74) is -5.22. The van der Waals surface area contributed by atoms with Gasteiger partial charge < -0.3 is 9.08 Å². The summed E-state index contributed by atoms with van der Waals surface area (Å²) in [6.07, 6.45) is 0. The van der Waals surface area contributed by atoms with Crippen LogP contribution < -0.4 is 9.08 Å². The molecule has 1 aromatic rings. The molecule has 0 spiro atoms. The van der Waals surface area contributed by atoms with Crippen molar-refractivity contribution in [1.29, 1.82) is 0 Å². The van der Waals surface area contributed by atoms with Crippen LogP contribution in [0.2, 0.25) is 0 Å². The van der Waals surface area contributed by atoms with Crippen molar-refractivity contribution in [3.8, 4) is 5.75 Å². The average molecular weight is 384 g/mol. The molecule has 1 aliphatic heterocycles. The van der Waals surface area contributed by atoms with E-state index in [4.69, 9.17) is 0 Å². The molecule has 0 radical (unpaired) electrons. The van der Waals surface area contributed by atoms with Crippen LogP contribution in [0.3, 0.4) is 0 Å². The number of alkyl halides is 3. The summed E-state index contributed by atoms with van der Waals surface area (Å²) in [4.78, 5) is 4.09. The van der Waals surface area contributed by atoms with E-state index in [1.165, 1.54) is 6.07 Å². The summed E-state index contributed by atoms with van der Waals surface area (Å²) in [5, 5.41) is 0. The zero-order valence-corrected chi connectivity index (χ0v) is 14.9. The van der Waals surface area contributed by atoms with Gasteiger partial charge in [-0.05, 0) is 32.9 Å². The van der Waals surface area contributed by atoms with Crippen molar-refractivity contribution in [2.75, 3.05) is 31.1 Å². The standard InChI is InChI=1S/C15H20F4N2O3S/c1-14(2,3)21-8-6-20(7-9-21)11-4-5-12(16)13(10-11)24-25(22,23)15(17,18)19/h4-5,10H,6-9H2,1-3H3. The minimum absolute atomic E-state index is 0.00998. The van der Waals surface area contributed by atoms with Crippen LogP contribution in [-0.4, -0.2) is 50.5 Å². The highest BCUT2D eigenvalue weighted by Crippen LogP contribution is 2.31. The molecule has 0 saturated carbocycles. The van der Waals surface area contributed by atoms with Gasteiger partial charge >= 0.3 is 15.6 Å². The molecule has 0 aliphatic carbocycles. The summed E-state index contributed by atoms with van der Waals surface area (Å²) in [6.45, 7) is 8.83. The van der Waals surface area contributed by atoms with Crippen molar-refractivity contribution in [3.05, 3.63) is 24.0 Å². The number of hydrogen-bond acceptors (Lipinski definition) is 5. The molecule has 1 saturated heterocycles. The van der Waals surface area contributed by atoms with E-state index in [9.17, 15) is 26.0 Å². The molecule has 1 heterocycles. The Bertz CT molecular complexity index is 721. The van der Waals surface area contributed by atoms with Crippen LogP contribution in [0.5, 0.6) is 5.75 Å². The van der Waals surface area contributed by atoms with Crippen LogP contribution in [0.1, 0.15) is 20.8 Å². The number of rotatable bonds is 3. The van der Waals surface area contributed by atoms with Crippen LogP contribution in [0.4, 0.5) is 23.2 Å². The minimum atomic E-state index is -5.92. The molecule has 5 nitrogen and oxygen atoms in total. The topological polar surface area (TPSA) is 49.9 Å². The summed E-state index contributed by atoms with van der Waals surface area (Å²) >= 11 is 0. The third-order valence-corrected chi connectivity index (χ3v) is 4.96. The molecule has 0 unspecified atom stereocenters. The van der Waals surface area contributed by atoms with Gasteiger partial charge in [-0.2, -0.15) is 21.6 Å². The molecule has 0 N–H and O–H groups in total. The van der Waals surface area contributed by atoms with Crippen LogP contribution in [0.15, 0.2) is 18.2 Å². The van der Waals surface area contributed by atoms with Gasteiger partial charge in [-0.25, -0.2) is 4.39 Å². The maximum Gasteiger partial charge on any atom is 0.534 e. The first kappa shape index (κ1) is 19.8. The van der Waals surface area contributed by atoms with E-state index in [1.54, 1.807) is 0 Å². The van der Waals surface area contributed by atoms with Gasteiger partial charge in [0.2, 0.25) is 0 Å². The van der Waals surface area contributed by atoms with Gasteiger partial charge in [0.05, 0.1) is 0 Å². The molecule has 0 amide bonds. The van der Waals surface area contributed by atoms with Gasteiger partial charge in [-0.1, -0.05) is 0 Å². The lowest BCUT2D eigenvalue weighted by Crippen LogP contribution is -2.53. The predicted molar refractivity (Wildman–Crippen MR) is 85.5 cm³/mol. The highest BCUT2D eigenvalue weighted by Gasteiger charge is 2.49. The number of nitrogens with zero attached hydrogens (tertiary/aromatic N) is 2. The fraction of sp³-hybridized carbons (Fsp3) is 0.600. The summed E-state index contributed by atoms with van der Waals surface area (Å²) < 4.78 is 77.0. The molecule has 1 aliphatic rings. The number of halogens is 4. The van der Waals surface area contributed by atoms with E-state index >= 15 is 0 Å². The maximum absolute atomic E-state index is 13.7. The van der Waals surface area contributed by atoms with E-state index in [1.807, 2.05) is 4.90 Å². The molecule has 25 heavy (non-hydrogen) atoms. The van der Waals surface area contributed by atoms with Crippen molar-refractivity contribution in [1.82, 2.24) is 4.90 Å². The molecule has 1 fully saturated rings. The zero-order chi connectivity index (χ0) is 19.0. The molecule has 0 bridgehead atoms. The van der Waals surface area contributed by atoms with Crippen molar-refractivity contribution < 1.29 is 30.2 Å².